The maximum atomic E-state index is 11.8. The van der Waals surface area contributed by atoms with Crippen LogP contribution < -0.4 is 4.90 Å². The zero-order valence-electron chi connectivity index (χ0n) is 14.9. The van der Waals surface area contributed by atoms with Crippen molar-refractivity contribution in [3.63, 3.8) is 0 Å². The van der Waals surface area contributed by atoms with E-state index in [1.807, 2.05) is 89.8 Å². The monoisotopic (exact) mass is 357 g/mol. The van der Waals surface area contributed by atoms with Crippen molar-refractivity contribution in [2.45, 2.75) is 19.0 Å². The molecule has 134 valence electrons. The van der Waals surface area contributed by atoms with Gasteiger partial charge in [-0.05, 0) is 18.2 Å². The van der Waals surface area contributed by atoms with Gasteiger partial charge in [0.05, 0.1) is 5.69 Å². The fourth-order valence-corrected chi connectivity index (χ4v) is 3.53. The van der Waals surface area contributed by atoms with E-state index in [2.05, 4.69) is 0 Å². The van der Waals surface area contributed by atoms with Gasteiger partial charge in [-0.2, -0.15) is 0 Å². The first kappa shape index (κ1) is 17.0. The van der Waals surface area contributed by atoms with Gasteiger partial charge >= 0.3 is 0 Å². The van der Waals surface area contributed by atoms with Crippen LogP contribution in [0.15, 0.2) is 89.9 Å². The molecule has 3 aromatic carbocycles. The second-order valence-electron chi connectivity index (χ2n) is 6.54. The third kappa shape index (κ3) is 3.08. The summed E-state index contributed by atoms with van der Waals surface area (Å²) in [6, 6.07) is 26.0. The van der Waals surface area contributed by atoms with E-state index in [1.165, 1.54) is 0 Å². The normalized spacial score (nSPS) is 17.0. The average Bonchev–Trinajstić information content (AvgIpc) is 2.73. The molecule has 1 aliphatic heterocycles. The number of anilines is 1. The number of fused-ring (bicyclic) bond motifs is 1. The van der Waals surface area contributed by atoms with Gasteiger partial charge in [0.25, 0.3) is 0 Å². The molecule has 0 radical (unpaired) electrons. The van der Waals surface area contributed by atoms with Gasteiger partial charge in [0.15, 0.2) is 0 Å². The van der Waals surface area contributed by atoms with Crippen LogP contribution >= 0.6 is 0 Å². The summed E-state index contributed by atoms with van der Waals surface area (Å²) in [4.78, 5) is 18.4. The van der Waals surface area contributed by atoms with Gasteiger partial charge in [0.1, 0.15) is 11.9 Å². The van der Waals surface area contributed by atoms with E-state index in [4.69, 9.17) is 4.99 Å². The molecule has 0 spiro atoms. The van der Waals surface area contributed by atoms with Gasteiger partial charge in [-0.3, -0.25) is 10.1 Å². The lowest BCUT2D eigenvalue weighted by Crippen LogP contribution is -2.45. The summed E-state index contributed by atoms with van der Waals surface area (Å²) in [6.07, 6.45) is 0. The van der Waals surface area contributed by atoms with Crippen LogP contribution in [0.3, 0.4) is 0 Å². The van der Waals surface area contributed by atoms with E-state index in [0.29, 0.717) is 0 Å². The summed E-state index contributed by atoms with van der Waals surface area (Å²) in [5.41, 5.74) is 3.46. The molecular formula is C22H19N3O2. The Hall–Kier alpha value is -3.47. The fourth-order valence-electron chi connectivity index (χ4n) is 3.53. The number of hydrogen-bond acceptors (Lipinski definition) is 4. The minimum atomic E-state index is -0.805. The Bertz CT molecular complexity index is 987. The third-order valence-electron chi connectivity index (χ3n) is 4.84. The molecule has 1 heterocycles. The molecule has 0 amide bonds. The van der Waals surface area contributed by atoms with E-state index < -0.39 is 12.1 Å². The fraction of sp³-hybridized carbons (Fsp3) is 0.136. The molecule has 0 aromatic heterocycles. The highest BCUT2D eigenvalue weighted by Crippen LogP contribution is 2.41. The Morgan fingerprint density at radius 1 is 0.926 bits per heavy atom. The van der Waals surface area contributed by atoms with Gasteiger partial charge in [-0.25, -0.2) is 4.99 Å². The summed E-state index contributed by atoms with van der Waals surface area (Å²) < 4.78 is 0. The number of benzene rings is 3. The van der Waals surface area contributed by atoms with Crippen molar-refractivity contribution in [2.75, 3.05) is 4.90 Å². The molecule has 0 fully saturated rings. The van der Waals surface area contributed by atoms with Crippen LogP contribution in [0.1, 0.15) is 24.1 Å². The Kier molecular flexibility index (Phi) is 4.42. The predicted octanol–water partition coefficient (Wildman–Crippen LogP) is 4.99. The van der Waals surface area contributed by atoms with Crippen molar-refractivity contribution in [3.05, 3.63) is 106 Å². The number of aliphatic imine (C=N–C) groups is 1. The molecule has 1 aliphatic rings. The minimum absolute atomic E-state index is 0.217. The lowest BCUT2D eigenvalue weighted by Gasteiger charge is -2.38. The van der Waals surface area contributed by atoms with E-state index in [-0.39, 0.29) is 4.92 Å². The van der Waals surface area contributed by atoms with Crippen molar-refractivity contribution in [2.24, 2.45) is 4.99 Å². The maximum Gasteiger partial charge on any atom is 0.235 e. The number of para-hydroxylation sites is 2. The summed E-state index contributed by atoms with van der Waals surface area (Å²) in [5.74, 6) is 0.721. The van der Waals surface area contributed by atoms with Crippen molar-refractivity contribution >= 4 is 17.2 Å². The smallest absolute Gasteiger partial charge is 0.235 e. The van der Waals surface area contributed by atoms with Gasteiger partial charge in [0, 0.05) is 28.7 Å². The van der Waals surface area contributed by atoms with Crippen LogP contribution in [-0.2, 0) is 0 Å². The predicted molar refractivity (Wildman–Crippen MR) is 107 cm³/mol. The second-order valence-corrected chi connectivity index (χ2v) is 6.54. The molecule has 5 nitrogen and oxygen atoms in total. The Morgan fingerprint density at radius 3 is 2.19 bits per heavy atom. The molecule has 0 saturated heterocycles. The van der Waals surface area contributed by atoms with Crippen molar-refractivity contribution in [1.29, 1.82) is 0 Å². The molecule has 4 rings (SSSR count). The molecule has 5 heteroatoms. The molecular weight excluding hydrogens is 338 g/mol. The van der Waals surface area contributed by atoms with Gasteiger partial charge in [-0.1, -0.05) is 66.7 Å². The highest BCUT2D eigenvalue weighted by molar-refractivity contribution is 6.12. The number of hydrogen-bond donors (Lipinski definition) is 0. The molecule has 3 aromatic rings. The van der Waals surface area contributed by atoms with Crippen LogP contribution in [0.4, 0.5) is 11.4 Å². The summed E-state index contributed by atoms with van der Waals surface area (Å²) in [5, 5.41) is 11.8. The summed E-state index contributed by atoms with van der Waals surface area (Å²) in [7, 11) is 0. The molecule has 2 atom stereocenters. The molecule has 1 unspecified atom stereocenters. The van der Waals surface area contributed by atoms with Crippen LogP contribution in [-0.4, -0.2) is 16.8 Å². The Labute approximate surface area is 157 Å². The average molecular weight is 357 g/mol. The largest absolute Gasteiger partial charge is 0.311 e. The Morgan fingerprint density at radius 2 is 1.52 bits per heavy atom. The number of amidine groups is 1. The number of nitrogens with zero attached hydrogens (tertiary/aromatic N) is 3. The van der Waals surface area contributed by atoms with Crippen LogP contribution in [0.5, 0.6) is 0 Å². The van der Waals surface area contributed by atoms with Crippen LogP contribution in [0.2, 0.25) is 0 Å². The molecule has 0 saturated carbocycles. The van der Waals surface area contributed by atoms with E-state index in [0.717, 1.165) is 28.3 Å². The third-order valence-corrected chi connectivity index (χ3v) is 4.84. The minimum Gasteiger partial charge on any atom is -0.311 e. The van der Waals surface area contributed by atoms with E-state index in [9.17, 15) is 10.1 Å². The maximum absolute atomic E-state index is 11.8. The first-order valence-electron chi connectivity index (χ1n) is 8.87. The molecule has 0 bridgehead atoms. The van der Waals surface area contributed by atoms with E-state index in [1.54, 1.807) is 6.92 Å². The van der Waals surface area contributed by atoms with Gasteiger partial charge in [-0.15, -0.1) is 0 Å². The topological polar surface area (TPSA) is 58.7 Å². The van der Waals surface area contributed by atoms with Crippen LogP contribution in [0.25, 0.3) is 0 Å². The second kappa shape index (κ2) is 7.03. The quantitative estimate of drug-likeness (QED) is 0.488. The zero-order valence-corrected chi connectivity index (χ0v) is 14.9. The SMILES string of the molecule is CC([C@@H]1c2ccccc2N=C(c2ccccc2)N1c1ccccc1)[N+](=O)[O-]. The standard InChI is InChI=1S/C22H19N3O2/c1-16(25(26)27)21-19-14-8-9-15-20(19)23-22(17-10-4-2-5-11-17)24(21)18-12-6-3-7-13-18/h2-16,21H,1H3/t16?,21-/m1/s1. The van der Waals surface area contributed by atoms with Gasteiger partial charge < -0.3 is 4.90 Å². The lowest BCUT2D eigenvalue weighted by molar-refractivity contribution is -0.521. The molecule has 0 aliphatic carbocycles. The zero-order chi connectivity index (χ0) is 18.8. The number of nitro groups is 1. The van der Waals surface area contributed by atoms with Crippen molar-refractivity contribution < 1.29 is 4.92 Å². The van der Waals surface area contributed by atoms with Crippen molar-refractivity contribution in [1.82, 2.24) is 0 Å². The first-order chi connectivity index (χ1) is 13.2. The highest BCUT2D eigenvalue weighted by atomic mass is 16.6. The lowest BCUT2D eigenvalue weighted by atomic mass is 9.93. The first-order valence-corrected chi connectivity index (χ1v) is 8.87. The Balaban J connectivity index is 1.98. The number of rotatable bonds is 4. The van der Waals surface area contributed by atoms with Crippen molar-refractivity contribution in [3.8, 4) is 0 Å². The highest BCUT2D eigenvalue weighted by Gasteiger charge is 2.40. The molecule has 27 heavy (non-hydrogen) atoms. The summed E-state index contributed by atoms with van der Waals surface area (Å²) in [6.45, 7) is 1.66. The van der Waals surface area contributed by atoms with Crippen LogP contribution in [0, 0.1) is 10.1 Å². The summed E-state index contributed by atoms with van der Waals surface area (Å²) >= 11 is 0. The molecule has 0 N–H and O–H groups in total. The van der Waals surface area contributed by atoms with E-state index >= 15 is 0 Å². The van der Waals surface area contributed by atoms with Gasteiger partial charge in [0.2, 0.25) is 6.04 Å².